The summed E-state index contributed by atoms with van der Waals surface area (Å²) in [7, 11) is 0. The Hall–Kier alpha value is -3.34. The predicted molar refractivity (Wildman–Crippen MR) is 116 cm³/mol. The molecule has 4 rings (SSSR count). The number of hydrogen-bond donors (Lipinski definition) is 1. The summed E-state index contributed by atoms with van der Waals surface area (Å²) in [5.41, 5.74) is 3.89. The first kappa shape index (κ1) is 20.0. The molecule has 1 aliphatic carbocycles. The van der Waals surface area contributed by atoms with Gasteiger partial charge in [0.25, 0.3) is 5.91 Å². The molecule has 0 saturated heterocycles. The van der Waals surface area contributed by atoms with Gasteiger partial charge in [0, 0.05) is 12.2 Å². The zero-order valence-electron chi connectivity index (χ0n) is 17.1. The minimum atomic E-state index is -0.199. The number of nitrogens with one attached hydrogen (secondary N) is 1. The molecule has 0 bridgehead atoms. The van der Waals surface area contributed by atoms with E-state index in [9.17, 15) is 9.59 Å². The van der Waals surface area contributed by atoms with E-state index >= 15 is 0 Å². The standard InChI is InChI=1S/C25H26N2O3/c1-18-4-6-21(7-5-18)17-27(25(29)23-3-2-14-30-23)22-12-10-19(11-13-22)15-24(28)26-16-20-8-9-20/h2-7,10-14,20H,8-9,15-17H2,1H3,(H,26,28). The summed E-state index contributed by atoms with van der Waals surface area (Å²) in [5.74, 6) is 0.804. The molecule has 2 amide bonds. The first-order valence-electron chi connectivity index (χ1n) is 10.3. The van der Waals surface area contributed by atoms with Crippen molar-refractivity contribution in [3.63, 3.8) is 0 Å². The van der Waals surface area contributed by atoms with E-state index < -0.39 is 0 Å². The lowest BCUT2D eigenvalue weighted by atomic mass is 10.1. The maximum Gasteiger partial charge on any atom is 0.294 e. The van der Waals surface area contributed by atoms with E-state index in [4.69, 9.17) is 4.42 Å². The van der Waals surface area contributed by atoms with Crippen molar-refractivity contribution in [3.05, 3.63) is 89.4 Å². The molecule has 1 fully saturated rings. The molecule has 1 heterocycles. The van der Waals surface area contributed by atoms with Crippen LogP contribution in [-0.4, -0.2) is 18.4 Å². The van der Waals surface area contributed by atoms with E-state index in [0.717, 1.165) is 23.4 Å². The Morgan fingerprint density at radius 3 is 2.33 bits per heavy atom. The second-order valence-corrected chi connectivity index (χ2v) is 7.94. The number of amides is 2. The normalized spacial score (nSPS) is 13.1. The summed E-state index contributed by atoms with van der Waals surface area (Å²) >= 11 is 0. The molecule has 2 aromatic carbocycles. The van der Waals surface area contributed by atoms with Gasteiger partial charge in [-0.1, -0.05) is 42.0 Å². The van der Waals surface area contributed by atoms with E-state index in [2.05, 4.69) is 5.32 Å². The highest BCUT2D eigenvalue weighted by atomic mass is 16.3. The van der Waals surface area contributed by atoms with Crippen molar-refractivity contribution in [1.29, 1.82) is 0 Å². The van der Waals surface area contributed by atoms with Crippen LogP contribution in [0.15, 0.2) is 71.3 Å². The number of carbonyl (C=O) groups excluding carboxylic acids is 2. The summed E-state index contributed by atoms with van der Waals surface area (Å²) in [6, 6.07) is 19.1. The molecule has 0 radical (unpaired) electrons. The average Bonchev–Trinajstić information content (AvgIpc) is 3.43. The molecule has 1 aromatic heterocycles. The molecule has 0 aliphatic heterocycles. The molecule has 154 valence electrons. The second-order valence-electron chi connectivity index (χ2n) is 7.94. The number of benzene rings is 2. The quantitative estimate of drug-likeness (QED) is 0.603. The minimum absolute atomic E-state index is 0.0397. The van der Waals surface area contributed by atoms with Gasteiger partial charge in [0.15, 0.2) is 5.76 Å². The van der Waals surface area contributed by atoms with Crippen LogP contribution < -0.4 is 10.2 Å². The molecular weight excluding hydrogens is 376 g/mol. The third-order valence-electron chi connectivity index (χ3n) is 5.34. The van der Waals surface area contributed by atoms with Crippen molar-refractivity contribution in [1.82, 2.24) is 5.32 Å². The van der Waals surface area contributed by atoms with Crippen LogP contribution in [-0.2, 0) is 17.8 Å². The van der Waals surface area contributed by atoms with Crippen molar-refractivity contribution in [2.24, 2.45) is 5.92 Å². The summed E-state index contributed by atoms with van der Waals surface area (Å²) in [4.78, 5) is 26.9. The summed E-state index contributed by atoms with van der Waals surface area (Å²) in [6.07, 6.45) is 4.28. The molecule has 0 spiro atoms. The maximum atomic E-state index is 13.1. The Balaban J connectivity index is 1.49. The maximum absolute atomic E-state index is 13.1. The SMILES string of the molecule is Cc1ccc(CN(C(=O)c2ccco2)c2ccc(CC(=O)NCC3CC3)cc2)cc1. The Kier molecular flexibility index (Phi) is 5.98. The molecule has 1 saturated carbocycles. The molecule has 1 aliphatic rings. The van der Waals surface area contributed by atoms with E-state index in [1.54, 1.807) is 17.0 Å². The molecule has 3 aromatic rings. The molecular formula is C25H26N2O3. The Morgan fingerprint density at radius 1 is 1.00 bits per heavy atom. The molecule has 30 heavy (non-hydrogen) atoms. The fraction of sp³-hybridized carbons (Fsp3) is 0.280. The van der Waals surface area contributed by atoms with Crippen LogP contribution >= 0.6 is 0 Å². The predicted octanol–water partition coefficient (Wildman–Crippen LogP) is 4.50. The number of rotatable bonds is 8. The van der Waals surface area contributed by atoms with Gasteiger partial charge in [-0.2, -0.15) is 0 Å². The highest BCUT2D eigenvalue weighted by Gasteiger charge is 2.22. The van der Waals surface area contributed by atoms with Crippen LogP contribution in [0.4, 0.5) is 5.69 Å². The average molecular weight is 402 g/mol. The molecule has 1 N–H and O–H groups in total. The molecule has 5 heteroatoms. The van der Waals surface area contributed by atoms with Crippen molar-refractivity contribution < 1.29 is 14.0 Å². The van der Waals surface area contributed by atoms with Gasteiger partial charge in [-0.05, 0) is 61.1 Å². The summed E-state index contributed by atoms with van der Waals surface area (Å²) < 4.78 is 5.34. The second kappa shape index (κ2) is 8.99. The molecule has 0 unspecified atom stereocenters. The zero-order chi connectivity index (χ0) is 20.9. The van der Waals surface area contributed by atoms with E-state index in [1.165, 1.54) is 24.7 Å². The highest BCUT2D eigenvalue weighted by Crippen LogP contribution is 2.27. The monoisotopic (exact) mass is 402 g/mol. The van der Waals surface area contributed by atoms with Gasteiger partial charge in [0.2, 0.25) is 5.91 Å². The van der Waals surface area contributed by atoms with Gasteiger partial charge in [-0.15, -0.1) is 0 Å². The fourth-order valence-electron chi connectivity index (χ4n) is 3.31. The summed E-state index contributed by atoms with van der Waals surface area (Å²) in [5, 5.41) is 2.99. The lowest BCUT2D eigenvalue weighted by Crippen LogP contribution is -2.30. The van der Waals surface area contributed by atoms with Crippen molar-refractivity contribution in [3.8, 4) is 0 Å². The number of carbonyl (C=O) groups is 2. The molecule has 5 nitrogen and oxygen atoms in total. The van der Waals surface area contributed by atoms with Crippen LogP contribution in [0.25, 0.3) is 0 Å². The van der Waals surface area contributed by atoms with Gasteiger partial charge in [-0.25, -0.2) is 0 Å². The van der Waals surface area contributed by atoms with Gasteiger partial charge in [0.1, 0.15) is 0 Å². The number of anilines is 1. The fourth-order valence-corrected chi connectivity index (χ4v) is 3.31. The number of furan rings is 1. The third kappa shape index (κ3) is 5.17. The lowest BCUT2D eigenvalue weighted by Gasteiger charge is -2.22. The van der Waals surface area contributed by atoms with Crippen LogP contribution in [0.1, 0.15) is 40.1 Å². The van der Waals surface area contributed by atoms with Gasteiger partial charge in [0.05, 0.1) is 19.2 Å². The van der Waals surface area contributed by atoms with Crippen LogP contribution in [0, 0.1) is 12.8 Å². The summed E-state index contributed by atoms with van der Waals surface area (Å²) in [6.45, 7) is 3.25. The van der Waals surface area contributed by atoms with Crippen LogP contribution in [0.2, 0.25) is 0 Å². The van der Waals surface area contributed by atoms with E-state index in [0.29, 0.717) is 24.6 Å². The number of nitrogens with zero attached hydrogens (tertiary/aromatic N) is 1. The number of aryl methyl sites for hydroxylation is 1. The Morgan fingerprint density at radius 2 is 1.70 bits per heavy atom. The van der Waals surface area contributed by atoms with Crippen molar-refractivity contribution in [2.75, 3.05) is 11.4 Å². The number of hydrogen-bond acceptors (Lipinski definition) is 3. The third-order valence-corrected chi connectivity index (χ3v) is 5.34. The van der Waals surface area contributed by atoms with Crippen molar-refractivity contribution in [2.45, 2.75) is 32.7 Å². The minimum Gasteiger partial charge on any atom is -0.459 e. The Labute approximate surface area is 176 Å². The van der Waals surface area contributed by atoms with Crippen LogP contribution in [0.5, 0.6) is 0 Å². The first-order valence-corrected chi connectivity index (χ1v) is 10.3. The van der Waals surface area contributed by atoms with E-state index in [1.807, 2.05) is 55.5 Å². The van der Waals surface area contributed by atoms with Crippen molar-refractivity contribution >= 4 is 17.5 Å². The topological polar surface area (TPSA) is 62.6 Å². The van der Waals surface area contributed by atoms with Gasteiger partial charge >= 0.3 is 0 Å². The smallest absolute Gasteiger partial charge is 0.294 e. The van der Waals surface area contributed by atoms with Crippen LogP contribution in [0.3, 0.4) is 0 Å². The highest BCUT2D eigenvalue weighted by molar-refractivity contribution is 6.04. The molecule has 0 atom stereocenters. The first-order chi connectivity index (χ1) is 14.6. The van der Waals surface area contributed by atoms with E-state index in [-0.39, 0.29) is 11.8 Å². The Bertz CT molecular complexity index is 988. The lowest BCUT2D eigenvalue weighted by molar-refractivity contribution is -0.120. The zero-order valence-corrected chi connectivity index (χ0v) is 17.1. The van der Waals surface area contributed by atoms with Gasteiger partial charge < -0.3 is 14.6 Å². The van der Waals surface area contributed by atoms with Gasteiger partial charge in [-0.3, -0.25) is 9.59 Å². The largest absolute Gasteiger partial charge is 0.459 e.